The van der Waals surface area contributed by atoms with Crippen LogP contribution in [0.2, 0.25) is 0 Å². The van der Waals surface area contributed by atoms with Crippen molar-refractivity contribution in [3.63, 3.8) is 0 Å². The molecule has 0 bridgehead atoms. The summed E-state index contributed by atoms with van der Waals surface area (Å²) >= 11 is 1.57. The molecule has 1 amide bonds. The van der Waals surface area contributed by atoms with Gasteiger partial charge in [0.25, 0.3) is 0 Å². The first-order valence-corrected chi connectivity index (χ1v) is 8.35. The summed E-state index contributed by atoms with van der Waals surface area (Å²) in [6.07, 6.45) is 1.95. The zero-order valence-corrected chi connectivity index (χ0v) is 13.3. The van der Waals surface area contributed by atoms with Crippen LogP contribution in [0.15, 0.2) is 35.5 Å². The number of ether oxygens (including phenoxy) is 1. The van der Waals surface area contributed by atoms with E-state index in [0.717, 1.165) is 0 Å². The van der Waals surface area contributed by atoms with E-state index in [1.807, 2.05) is 6.26 Å². The normalized spacial score (nSPS) is 18.1. The first-order valence-electron chi connectivity index (χ1n) is 6.95. The maximum Gasteiger partial charge on any atom is 0.336 e. The molecule has 1 aromatic carbocycles. The van der Waals surface area contributed by atoms with Crippen LogP contribution >= 0.6 is 11.8 Å². The molecule has 1 N–H and O–H groups in total. The van der Waals surface area contributed by atoms with Crippen LogP contribution in [-0.4, -0.2) is 30.5 Å². The number of halogens is 1. The van der Waals surface area contributed by atoms with Gasteiger partial charge in [-0.05, 0) is 24.8 Å². The Morgan fingerprint density at radius 1 is 1.45 bits per heavy atom. The molecule has 0 radical (unpaired) electrons. The molecular weight excluding hydrogens is 305 g/mol. The number of carbonyl (C=O) groups is 2. The molecule has 0 aliphatic carbocycles. The molecule has 0 unspecified atom stereocenters. The molecule has 1 atom stereocenters. The largest absolute Gasteiger partial charge is 0.461 e. The van der Waals surface area contributed by atoms with E-state index in [0.29, 0.717) is 22.6 Å². The number of esters is 1. The Hall–Kier alpha value is -1.82. The number of allylic oxidation sites excluding steroid dienone is 1. The van der Waals surface area contributed by atoms with E-state index in [4.69, 9.17) is 4.74 Å². The molecule has 0 saturated carbocycles. The topological polar surface area (TPSA) is 55.4 Å². The highest BCUT2D eigenvalue weighted by atomic mass is 32.2. The Morgan fingerprint density at radius 2 is 2.18 bits per heavy atom. The Morgan fingerprint density at radius 3 is 2.86 bits per heavy atom. The first kappa shape index (κ1) is 16.5. The minimum Gasteiger partial charge on any atom is -0.461 e. The van der Waals surface area contributed by atoms with Crippen LogP contribution < -0.4 is 5.32 Å². The van der Waals surface area contributed by atoms with E-state index >= 15 is 0 Å². The lowest BCUT2D eigenvalue weighted by molar-refractivity contribution is -0.139. The first-order chi connectivity index (χ1) is 10.5. The van der Waals surface area contributed by atoms with Crippen molar-refractivity contribution >= 4 is 23.6 Å². The number of carbonyl (C=O) groups excluding carboxylic acids is 2. The van der Waals surface area contributed by atoms with Gasteiger partial charge in [-0.3, -0.25) is 4.79 Å². The number of amides is 1. The molecule has 0 spiro atoms. The number of benzene rings is 1. The highest BCUT2D eigenvalue weighted by Crippen LogP contribution is 2.34. The summed E-state index contributed by atoms with van der Waals surface area (Å²) < 4.78 is 19.3. The van der Waals surface area contributed by atoms with E-state index in [-0.39, 0.29) is 18.9 Å². The summed E-state index contributed by atoms with van der Waals surface area (Å²) in [4.78, 5) is 24.1. The molecule has 0 aromatic heterocycles. The van der Waals surface area contributed by atoms with Gasteiger partial charge in [0.05, 0.1) is 5.57 Å². The monoisotopic (exact) mass is 323 g/mol. The van der Waals surface area contributed by atoms with Crippen LogP contribution in [0.1, 0.15) is 24.8 Å². The summed E-state index contributed by atoms with van der Waals surface area (Å²) in [6, 6.07) is 6.20. The maximum absolute atomic E-state index is 14.1. The SMILES string of the molecule is CSCCOC(=O)C1=C(C)NC(=O)C[C@H]1c1ccccc1F. The summed E-state index contributed by atoms with van der Waals surface area (Å²) in [5, 5.41) is 2.63. The molecule has 2 rings (SSSR count). The average molecular weight is 323 g/mol. The van der Waals surface area contributed by atoms with Crippen molar-refractivity contribution in [2.75, 3.05) is 18.6 Å². The van der Waals surface area contributed by atoms with E-state index < -0.39 is 17.7 Å². The van der Waals surface area contributed by atoms with Crippen LogP contribution in [-0.2, 0) is 14.3 Å². The number of rotatable bonds is 5. The molecule has 118 valence electrons. The van der Waals surface area contributed by atoms with Crippen molar-refractivity contribution < 1.29 is 18.7 Å². The Kier molecular flexibility index (Phi) is 5.60. The van der Waals surface area contributed by atoms with Crippen LogP contribution in [0, 0.1) is 5.82 Å². The van der Waals surface area contributed by atoms with Gasteiger partial charge in [-0.1, -0.05) is 18.2 Å². The van der Waals surface area contributed by atoms with E-state index in [2.05, 4.69) is 5.32 Å². The minimum absolute atomic E-state index is 0.0330. The van der Waals surface area contributed by atoms with Gasteiger partial charge in [-0.15, -0.1) is 0 Å². The van der Waals surface area contributed by atoms with Crippen LogP contribution in [0.5, 0.6) is 0 Å². The molecule has 0 saturated heterocycles. The van der Waals surface area contributed by atoms with Gasteiger partial charge in [0.15, 0.2) is 0 Å². The predicted molar refractivity (Wildman–Crippen MR) is 83.9 cm³/mol. The second kappa shape index (κ2) is 7.45. The van der Waals surface area contributed by atoms with Gasteiger partial charge < -0.3 is 10.1 Å². The number of thioether (sulfide) groups is 1. The van der Waals surface area contributed by atoms with Gasteiger partial charge in [-0.2, -0.15) is 11.8 Å². The van der Waals surface area contributed by atoms with Gasteiger partial charge in [0.1, 0.15) is 12.4 Å². The Labute approximate surface area is 133 Å². The van der Waals surface area contributed by atoms with Gasteiger partial charge >= 0.3 is 5.97 Å². The lowest BCUT2D eigenvalue weighted by atomic mass is 9.84. The third-order valence-electron chi connectivity index (χ3n) is 3.49. The Bertz CT molecular complexity index is 615. The smallest absolute Gasteiger partial charge is 0.336 e. The van der Waals surface area contributed by atoms with Crippen molar-refractivity contribution in [2.24, 2.45) is 0 Å². The van der Waals surface area contributed by atoms with Gasteiger partial charge in [0.2, 0.25) is 5.91 Å². The van der Waals surface area contributed by atoms with Crippen LogP contribution in [0.4, 0.5) is 4.39 Å². The fourth-order valence-corrected chi connectivity index (χ4v) is 2.74. The summed E-state index contributed by atoms with van der Waals surface area (Å²) in [5.74, 6) is -1.08. The van der Waals surface area contributed by atoms with E-state index in [1.165, 1.54) is 6.07 Å². The second-order valence-corrected chi connectivity index (χ2v) is 5.98. The summed E-state index contributed by atoms with van der Waals surface area (Å²) in [5.41, 5.74) is 1.10. The number of hydrogen-bond donors (Lipinski definition) is 1. The molecule has 6 heteroatoms. The maximum atomic E-state index is 14.1. The highest BCUT2D eigenvalue weighted by Gasteiger charge is 2.34. The zero-order valence-electron chi connectivity index (χ0n) is 12.5. The molecule has 1 heterocycles. The van der Waals surface area contributed by atoms with Crippen molar-refractivity contribution in [3.8, 4) is 0 Å². The van der Waals surface area contributed by atoms with Crippen molar-refractivity contribution in [1.29, 1.82) is 0 Å². The number of hydrogen-bond acceptors (Lipinski definition) is 4. The van der Waals surface area contributed by atoms with Crippen LogP contribution in [0.25, 0.3) is 0 Å². The summed E-state index contributed by atoms with van der Waals surface area (Å²) in [6.45, 7) is 1.92. The van der Waals surface area contributed by atoms with Gasteiger partial charge in [0, 0.05) is 23.8 Å². The van der Waals surface area contributed by atoms with Crippen molar-refractivity contribution in [2.45, 2.75) is 19.3 Å². The summed E-state index contributed by atoms with van der Waals surface area (Å²) in [7, 11) is 0. The van der Waals surface area contributed by atoms with Gasteiger partial charge in [-0.25, -0.2) is 9.18 Å². The third kappa shape index (κ3) is 3.68. The molecule has 0 fully saturated rings. The van der Waals surface area contributed by atoms with E-state index in [9.17, 15) is 14.0 Å². The predicted octanol–water partition coefficient (Wildman–Crippen LogP) is 2.61. The van der Waals surface area contributed by atoms with Crippen molar-refractivity contribution in [3.05, 3.63) is 46.9 Å². The standard InChI is InChI=1S/C16H18FNO3S/c1-10-15(16(20)21-7-8-22-2)12(9-14(19)18-10)11-5-3-4-6-13(11)17/h3-6,12H,7-9H2,1-2H3,(H,18,19)/t12-/m0/s1. The molecule has 1 aliphatic rings. The highest BCUT2D eigenvalue weighted by molar-refractivity contribution is 7.98. The third-order valence-corrected chi connectivity index (χ3v) is 4.06. The lowest BCUT2D eigenvalue weighted by Gasteiger charge is -2.26. The second-order valence-electron chi connectivity index (χ2n) is 4.99. The number of nitrogens with one attached hydrogen (secondary N) is 1. The molecule has 1 aromatic rings. The lowest BCUT2D eigenvalue weighted by Crippen LogP contribution is -2.34. The Balaban J connectivity index is 2.33. The fraction of sp³-hybridized carbons (Fsp3) is 0.375. The van der Waals surface area contributed by atoms with Crippen molar-refractivity contribution in [1.82, 2.24) is 5.32 Å². The van der Waals surface area contributed by atoms with Crippen LogP contribution in [0.3, 0.4) is 0 Å². The molecule has 22 heavy (non-hydrogen) atoms. The zero-order chi connectivity index (χ0) is 16.1. The quantitative estimate of drug-likeness (QED) is 0.668. The molecule has 1 aliphatic heterocycles. The van der Waals surface area contributed by atoms with E-state index in [1.54, 1.807) is 36.9 Å². The fourth-order valence-electron chi connectivity index (χ4n) is 2.49. The minimum atomic E-state index is -0.614. The molecular formula is C16H18FNO3S. The molecule has 4 nitrogen and oxygen atoms in total. The average Bonchev–Trinajstić information content (AvgIpc) is 2.47.